The summed E-state index contributed by atoms with van der Waals surface area (Å²) in [5.74, 6) is -0.107. The summed E-state index contributed by atoms with van der Waals surface area (Å²) in [6.45, 7) is 1.06. The lowest BCUT2D eigenvalue weighted by Gasteiger charge is -2.23. The van der Waals surface area contributed by atoms with E-state index in [0.717, 1.165) is 30.1 Å². The summed E-state index contributed by atoms with van der Waals surface area (Å²) in [4.78, 5) is 10.9. The first kappa shape index (κ1) is 12.1. The molecule has 0 bridgehead atoms. The number of carbonyl (C=O) groups excluding carboxylic acids is 1. The Hall–Kier alpha value is -0.900. The highest BCUT2D eigenvalue weighted by Gasteiger charge is 2.06. The molecule has 4 heteroatoms. The highest BCUT2D eigenvalue weighted by atomic mass is 16.4. The van der Waals surface area contributed by atoms with Crippen LogP contribution in [0, 0.1) is 0 Å². The molecule has 0 aliphatic rings. The normalized spacial score (nSPS) is 12.2. The minimum absolute atomic E-state index is 0.107. The average molecular weight is 187 g/mol. The molecule has 0 atom stereocenters. The summed E-state index contributed by atoms with van der Waals surface area (Å²) >= 11 is 0. The molecular weight excluding hydrogens is 168 g/mol. The molecule has 0 fully saturated rings. The van der Waals surface area contributed by atoms with Crippen molar-refractivity contribution in [2.24, 2.45) is 5.16 Å². The highest BCUT2D eigenvalue weighted by molar-refractivity contribution is 6.27. The van der Waals surface area contributed by atoms with Crippen LogP contribution < -0.4 is 0 Å². The van der Waals surface area contributed by atoms with Gasteiger partial charge < -0.3 is 9.69 Å². The molecule has 0 saturated heterocycles. The molecule has 4 nitrogen and oxygen atoms in total. The fraction of sp³-hybridized carbons (Fsp3) is 0.778. The van der Waals surface area contributed by atoms with E-state index in [1.54, 1.807) is 0 Å². The van der Waals surface area contributed by atoms with E-state index < -0.39 is 0 Å². The number of unbranched alkanes of at least 4 members (excludes halogenated alkanes) is 1. The van der Waals surface area contributed by atoms with E-state index in [1.807, 2.05) is 0 Å². The zero-order valence-corrected chi connectivity index (χ0v) is 8.66. The third-order valence-electron chi connectivity index (χ3n) is 1.70. The Balaban J connectivity index is 3.41. The maximum Gasteiger partial charge on any atom is 0.177 e. The van der Waals surface area contributed by atoms with E-state index in [4.69, 9.17) is 5.21 Å². The van der Waals surface area contributed by atoms with E-state index >= 15 is 0 Å². The minimum Gasteiger partial charge on any atom is -0.411 e. The van der Waals surface area contributed by atoms with Crippen LogP contribution in [-0.4, -0.2) is 49.4 Å². The molecule has 0 aromatic heterocycles. The van der Waals surface area contributed by atoms with E-state index in [9.17, 15) is 4.79 Å². The Morgan fingerprint density at radius 3 is 2.46 bits per heavy atom. The van der Waals surface area contributed by atoms with Gasteiger partial charge in [0.1, 0.15) is 6.21 Å². The van der Waals surface area contributed by atoms with Crippen molar-refractivity contribution in [1.82, 2.24) is 0 Å². The second-order valence-electron chi connectivity index (χ2n) is 4.18. The zero-order valence-electron chi connectivity index (χ0n) is 8.66. The lowest BCUT2D eigenvalue weighted by atomic mass is 10.2. The molecule has 0 amide bonds. The second-order valence-corrected chi connectivity index (χ2v) is 4.18. The van der Waals surface area contributed by atoms with Gasteiger partial charge in [-0.3, -0.25) is 4.79 Å². The van der Waals surface area contributed by atoms with E-state index in [1.165, 1.54) is 0 Å². The van der Waals surface area contributed by atoms with Crippen LogP contribution in [-0.2, 0) is 4.79 Å². The molecule has 0 heterocycles. The lowest BCUT2D eigenvalue weighted by Crippen LogP contribution is -2.35. The number of carbonyl (C=O) groups is 1. The van der Waals surface area contributed by atoms with Crippen LogP contribution in [0.3, 0.4) is 0 Å². The lowest BCUT2D eigenvalue weighted by molar-refractivity contribution is -0.870. The van der Waals surface area contributed by atoms with Gasteiger partial charge in [-0.15, -0.1) is 0 Å². The third-order valence-corrected chi connectivity index (χ3v) is 1.70. The van der Waals surface area contributed by atoms with Crippen molar-refractivity contribution in [3.63, 3.8) is 0 Å². The molecule has 0 rings (SSSR count). The number of hydrogen-bond acceptors (Lipinski definition) is 3. The average Bonchev–Trinajstić information content (AvgIpc) is 1.97. The first-order valence-corrected chi connectivity index (χ1v) is 4.46. The summed E-state index contributed by atoms with van der Waals surface area (Å²) < 4.78 is 0.919. The van der Waals surface area contributed by atoms with Crippen LogP contribution >= 0.6 is 0 Å². The number of ketones is 1. The third kappa shape index (κ3) is 9.01. The number of quaternary nitrogens is 1. The Morgan fingerprint density at radius 1 is 1.38 bits per heavy atom. The Labute approximate surface area is 79.4 Å². The second kappa shape index (κ2) is 5.70. The predicted octanol–water partition coefficient (Wildman–Crippen LogP) is 0.892. The molecule has 0 spiro atoms. The van der Waals surface area contributed by atoms with Gasteiger partial charge in [0.05, 0.1) is 27.7 Å². The van der Waals surface area contributed by atoms with Gasteiger partial charge in [0.25, 0.3) is 0 Å². The van der Waals surface area contributed by atoms with Crippen LogP contribution in [0.4, 0.5) is 0 Å². The van der Waals surface area contributed by atoms with Gasteiger partial charge in [-0.1, -0.05) is 5.16 Å². The van der Waals surface area contributed by atoms with Crippen molar-refractivity contribution in [3.05, 3.63) is 0 Å². The van der Waals surface area contributed by atoms with Crippen LogP contribution in [0.1, 0.15) is 19.3 Å². The minimum atomic E-state index is -0.107. The number of oxime groups is 1. The molecule has 0 aromatic carbocycles. The van der Waals surface area contributed by atoms with Gasteiger partial charge in [0.15, 0.2) is 5.78 Å². The quantitative estimate of drug-likeness (QED) is 0.221. The van der Waals surface area contributed by atoms with Gasteiger partial charge in [0, 0.05) is 6.42 Å². The molecule has 0 aliphatic heterocycles. The van der Waals surface area contributed by atoms with Crippen LogP contribution in [0.15, 0.2) is 5.16 Å². The molecule has 1 N–H and O–H groups in total. The summed E-state index contributed by atoms with van der Waals surface area (Å²) in [5, 5.41) is 10.8. The van der Waals surface area contributed by atoms with Gasteiger partial charge >= 0.3 is 0 Å². The molecular formula is C9H19N2O2+. The van der Waals surface area contributed by atoms with Crippen molar-refractivity contribution in [2.75, 3.05) is 27.7 Å². The summed E-state index contributed by atoms with van der Waals surface area (Å²) in [7, 11) is 6.37. The van der Waals surface area contributed by atoms with E-state index in [0.29, 0.717) is 6.42 Å². The van der Waals surface area contributed by atoms with Crippen molar-refractivity contribution in [1.29, 1.82) is 0 Å². The SMILES string of the molecule is C[N+](C)(C)CCCCC(=O)/C=N/O. The van der Waals surface area contributed by atoms with Gasteiger partial charge in [-0.05, 0) is 12.8 Å². The monoisotopic (exact) mass is 187 g/mol. The largest absolute Gasteiger partial charge is 0.411 e. The zero-order chi connectivity index (χ0) is 10.3. The smallest absolute Gasteiger partial charge is 0.177 e. The molecule has 0 aliphatic carbocycles. The molecule has 0 aromatic rings. The Kier molecular flexibility index (Phi) is 5.30. The van der Waals surface area contributed by atoms with E-state index in [2.05, 4.69) is 26.3 Å². The predicted molar refractivity (Wildman–Crippen MR) is 52.0 cm³/mol. The standard InChI is InChI=1S/C9H18N2O2/c1-11(2,3)7-5-4-6-9(12)8-10-13/h8H,4-7H2,1-3H3/p+1. The maximum atomic E-state index is 10.9. The summed E-state index contributed by atoms with van der Waals surface area (Å²) in [6, 6.07) is 0. The van der Waals surface area contributed by atoms with Gasteiger partial charge in [0.2, 0.25) is 0 Å². The number of rotatable bonds is 6. The maximum absolute atomic E-state index is 10.9. The van der Waals surface area contributed by atoms with E-state index in [-0.39, 0.29) is 5.78 Å². The van der Waals surface area contributed by atoms with Crippen LogP contribution in [0.2, 0.25) is 0 Å². The molecule has 13 heavy (non-hydrogen) atoms. The summed E-state index contributed by atoms with van der Waals surface area (Å²) in [6.07, 6.45) is 3.32. The van der Waals surface area contributed by atoms with Crippen LogP contribution in [0.25, 0.3) is 0 Å². The number of hydrogen-bond donors (Lipinski definition) is 1. The highest BCUT2D eigenvalue weighted by Crippen LogP contribution is 2.00. The van der Waals surface area contributed by atoms with Crippen molar-refractivity contribution < 1.29 is 14.5 Å². The first-order chi connectivity index (χ1) is 5.95. The molecule has 0 radical (unpaired) electrons. The van der Waals surface area contributed by atoms with Crippen molar-refractivity contribution in [2.45, 2.75) is 19.3 Å². The van der Waals surface area contributed by atoms with Crippen LogP contribution in [0.5, 0.6) is 0 Å². The number of Topliss-reactive ketones (excluding diaryl/α,β-unsaturated/α-hetero) is 1. The van der Waals surface area contributed by atoms with Crippen molar-refractivity contribution in [3.8, 4) is 0 Å². The molecule has 0 unspecified atom stereocenters. The first-order valence-electron chi connectivity index (χ1n) is 4.46. The summed E-state index contributed by atoms with van der Waals surface area (Å²) in [5.41, 5.74) is 0. The molecule has 0 saturated carbocycles. The van der Waals surface area contributed by atoms with Gasteiger partial charge in [-0.25, -0.2) is 0 Å². The number of nitrogens with zero attached hydrogens (tertiary/aromatic N) is 2. The topological polar surface area (TPSA) is 49.7 Å². The fourth-order valence-corrected chi connectivity index (χ4v) is 1.01. The molecule has 76 valence electrons. The Bertz CT molecular complexity index is 183. The van der Waals surface area contributed by atoms with Crippen molar-refractivity contribution >= 4 is 12.0 Å². The Morgan fingerprint density at radius 2 is 2.00 bits per heavy atom. The van der Waals surface area contributed by atoms with Gasteiger partial charge in [-0.2, -0.15) is 0 Å². The fourth-order valence-electron chi connectivity index (χ4n) is 1.01.